The molecule has 0 radical (unpaired) electrons. The van der Waals surface area contributed by atoms with Crippen molar-refractivity contribution < 1.29 is 27.9 Å². The Kier molecular flexibility index (Phi) is 4.39. The highest BCUT2D eigenvalue weighted by molar-refractivity contribution is 5.81. The van der Waals surface area contributed by atoms with Crippen LogP contribution in [-0.4, -0.2) is 46.1 Å². The number of halogens is 3. The van der Waals surface area contributed by atoms with Crippen LogP contribution in [0.1, 0.15) is 11.3 Å². The summed E-state index contributed by atoms with van der Waals surface area (Å²) in [5.74, 6) is -5.69. The quantitative estimate of drug-likeness (QED) is 0.920. The summed E-state index contributed by atoms with van der Waals surface area (Å²) in [6, 6.07) is 3.37. The van der Waals surface area contributed by atoms with E-state index in [0.717, 1.165) is 10.6 Å². The zero-order chi connectivity index (χ0) is 16.5. The van der Waals surface area contributed by atoms with Crippen molar-refractivity contribution in [1.29, 1.82) is 0 Å². The van der Waals surface area contributed by atoms with Crippen molar-refractivity contribution in [3.05, 3.63) is 29.6 Å². The minimum Gasteiger partial charge on any atom is -0.481 e. The van der Waals surface area contributed by atoms with Crippen LogP contribution in [0.15, 0.2) is 18.3 Å². The second kappa shape index (κ2) is 5.94. The molecule has 0 spiro atoms. The maximum atomic E-state index is 12.9. The number of hydrogen-bond acceptors (Lipinski definition) is 3. The maximum Gasteiger partial charge on any atom is 0.394 e. The molecule has 22 heavy (non-hydrogen) atoms. The summed E-state index contributed by atoms with van der Waals surface area (Å²) in [5.41, 5.74) is 1.35. The van der Waals surface area contributed by atoms with Gasteiger partial charge < -0.3 is 10.0 Å². The molecule has 8 heteroatoms. The lowest BCUT2D eigenvalue weighted by Crippen LogP contribution is -2.34. The number of carbonyl (C=O) groups is 2. The van der Waals surface area contributed by atoms with E-state index < -0.39 is 43.0 Å². The van der Waals surface area contributed by atoms with E-state index in [4.69, 9.17) is 5.11 Å². The van der Waals surface area contributed by atoms with E-state index >= 15 is 0 Å². The van der Waals surface area contributed by atoms with Crippen molar-refractivity contribution in [1.82, 2.24) is 9.88 Å². The lowest BCUT2D eigenvalue weighted by Gasteiger charge is -2.18. The number of nitrogens with zero attached hydrogens (tertiary/aromatic N) is 2. The average molecular weight is 316 g/mol. The van der Waals surface area contributed by atoms with Gasteiger partial charge in [0.25, 0.3) is 0 Å². The zero-order valence-electron chi connectivity index (χ0n) is 11.8. The van der Waals surface area contributed by atoms with Gasteiger partial charge in [0.05, 0.1) is 18.3 Å². The van der Waals surface area contributed by atoms with Crippen LogP contribution in [0.2, 0.25) is 0 Å². The third-order valence-electron chi connectivity index (χ3n) is 3.74. The van der Waals surface area contributed by atoms with Crippen LogP contribution in [0.5, 0.6) is 0 Å². The Labute approximate surface area is 124 Å². The first-order chi connectivity index (χ1) is 10.2. The Balaban J connectivity index is 2.08. The predicted molar refractivity (Wildman–Crippen MR) is 69.9 cm³/mol. The number of aryl methyl sites for hydroxylation is 1. The van der Waals surface area contributed by atoms with Gasteiger partial charge in [-0.15, -0.1) is 0 Å². The number of hydrogen-bond donors (Lipinski definition) is 1. The molecule has 1 N–H and O–H groups in total. The predicted octanol–water partition coefficient (Wildman–Crippen LogP) is 1.65. The molecule has 2 heterocycles. The molecular formula is C14H15F3N2O3. The summed E-state index contributed by atoms with van der Waals surface area (Å²) in [4.78, 5) is 28.0. The smallest absolute Gasteiger partial charge is 0.394 e. The summed E-state index contributed by atoms with van der Waals surface area (Å²) >= 11 is 0. The molecule has 0 bridgehead atoms. The van der Waals surface area contributed by atoms with E-state index in [0.29, 0.717) is 5.56 Å². The highest BCUT2D eigenvalue weighted by atomic mass is 19.4. The first-order valence-corrected chi connectivity index (χ1v) is 6.67. The van der Waals surface area contributed by atoms with E-state index in [9.17, 15) is 22.8 Å². The second-order valence-corrected chi connectivity index (χ2v) is 5.38. The molecule has 2 rings (SSSR count). The van der Waals surface area contributed by atoms with E-state index in [1.165, 1.54) is 6.20 Å². The third-order valence-corrected chi connectivity index (χ3v) is 3.74. The standard InChI is InChI=1S/C14H15F3N2O3/c1-8-2-3-9(5-18-8)4-12(20)19-6-10(13(21)22)11(7-19)14(15,16)17/h2-3,5,10-11H,4,6-7H2,1H3,(H,21,22)/t10-,11-/m1/s1. The molecule has 0 saturated carbocycles. The lowest BCUT2D eigenvalue weighted by atomic mass is 9.96. The van der Waals surface area contributed by atoms with E-state index in [-0.39, 0.29) is 6.42 Å². The molecule has 2 atom stereocenters. The summed E-state index contributed by atoms with van der Waals surface area (Å²) in [7, 11) is 0. The van der Waals surface area contributed by atoms with Gasteiger partial charge in [-0.1, -0.05) is 6.07 Å². The average Bonchev–Trinajstić information content (AvgIpc) is 2.86. The molecule has 0 aliphatic carbocycles. The van der Waals surface area contributed by atoms with E-state index in [2.05, 4.69) is 4.98 Å². The highest BCUT2D eigenvalue weighted by Gasteiger charge is 2.53. The Morgan fingerprint density at radius 1 is 1.36 bits per heavy atom. The summed E-state index contributed by atoms with van der Waals surface area (Å²) in [5, 5.41) is 8.92. The van der Waals surface area contributed by atoms with Crippen LogP contribution in [-0.2, 0) is 16.0 Å². The number of alkyl halides is 3. The molecule has 1 saturated heterocycles. The van der Waals surface area contributed by atoms with Crippen LogP contribution in [0.25, 0.3) is 0 Å². The van der Waals surface area contributed by atoms with Crippen molar-refractivity contribution in [2.24, 2.45) is 11.8 Å². The Morgan fingerprint density at radius 3 is 2.50 bits per heavy atom. The summed E-state index contributed by atoms with van der Waals surface area (Å²) in [6.07, 6.45) is -3.24. The molecule has 5 nitrogen and oxygen atoms in total. The van der Waals surface area contributed by atoms with Gasteiger partial charge in [0.1, 0.15) is 0 Å². The fourth-order valence-electron chi connectivity index (χ4n) is 2.48. The van der Waals surface area contributed by atoms with Crippen molar-refractivity contribution in [3.63, 3.8) is 0 Å². The SMILES string of the molecule is Cc1ccc(CC(=O)N2C[C@@H](C(F)(F)F)[C@H](C(=O)O)C2)cn1. The van der Waals surface area contributed by atoms with E-state index in [1.807, 2.05) is 0 Å². The first kappa shape index (κ1) is 16.3. The van der Waals surface area contributed by atoms with Gasteiger partial charge >= 0.3 is 12.1 Å². The zero-order valence-corrected chi connectivity index (χ0v) is 11.8. The topological polar surface area (TPSA) is 70.5 Å². The largest absolute Gasteiger partial charge is 0.481 e. The number of amides is 1. The molecule has 0 aromatic carbocycles. The first-order valence-electron chi connectivity index (χ1n) is 6.67. The molecule has 1 aromatic heterocycles. The number of aliphatic carboxylic acids is 1. The maximum absolute atomic E-state index is 12.9. The van der Waals surface area contributed by atoms with Crippen LogP contribution >= 0.6 is 0 Å². The van der Waals surface area contributed by atoms with Crippen LogP contribution in [0, 0.1) is 18.8 Å². The number of carboxylic acid groups (broad SMARTS) is 1. The third kappa shape index (κ3) is 3.55. The monoisotopic (exact) mass is 316 g/mol. The van der Waals surface area contributed by atoms with Crippen molar-refractivity contribution >= 4 is 11.9 Å². The number of carbonyl (C=O) groups excluding carboxylic acids is 1. The van der Waals surface area contributed by atoms with Gasteiger partial charge in [0.15, 0.2) is 0 Å². The fraction of sp³-hybridized carbons (Fsp3) is 0.500. The van der Waals surface area contributed by atoms with Crippen LogP contribution in [0.4, 0.5) is 13.2 Å². The van der Waals surface area contributed by atoms with E-state index in [1.54, 1.807) is 19.1 Å². The van der Waals surface area contributed by atoms with Gasteiger partial charge in [-0.3, -0.25) is 14.6 Å². The highest BCUT2D eigenvalue weighted by Crippen LogP contribution is 2.37. The van der Waals surface area contributed by atoms with Gasteiger partial charge in [-0.05, 0) is 18.6 Å². The summed E-state index contributed by atoms with van der Waals surface area (Å²) < 4.78 is 38.6. The molecule has 1 aliphatic heterocycles. The van der Waals surface area contributed by atoms with Crippen LogP contribution < -0.4 is 0 Å². The molecule has 120 valence electrons. The number of aromatic nitrogens is 1. The summed E-state index contributed by atoms with van der Waals surface area (Å²) in [6.45, 7) is 0.744. The second-order valence-electron chi connectivity index (χ2n) is 5.38. The van der Waals surface area contributed by atoms with Crippen LogP contribution in [0.3, 0.4) is 0 Å². The van der Waals surface area contributed by atoms with Crippen molar-refractivity contribution in [2.45, 2.75) is 19.5 Å². The Bertz CT molecular complexity index is 572. The number of rotatable bonds is 3. The van der Waals surface area contributed by atoms with Crippen molar-refractivity contribution in [3.8, 4) is 0 Å². The van der Waals surface area contributed by atoms with Gasteiger partial charge in [0.2, 0.25) is 5.91 Å². The van der Waals surface area contributed by atoms with Gasteiger partial charge in [0, 0.05) is 25.0 Å². The number of carboxylic acids is 1. The molecule has 1 aromatic rings. The number of pyridine rings is 1. The minimum absolute atomic E-state index is 0.0931. The van der Waals surface area contributed by atoms with Gasteiger partial charge in [-0.25, -0.2) is 0 Å². The Hall–Kier alpha value is -2.12. The lowest BCUT2D eigenvalue weighted by molar-refractivity contribution is -0.188. The molecule has 0 unspecified atom stereocenters. The van der Waals surface area contributed by atoms with Crippen molar-refractivity contribution in [2.75, 3.05) is 13.1 Å². The molecule has 1 fully saturated rings. The molecular weight excluding hydrogens is 301 g/mol. The normalized spacial score (nSPS) is 21.9. The Morgan fingerprint density at radius 2 is 2.05 bits per heavy atom. The number of likely N-dealkylation sites (tertiary alicyclic amines) is 1. The minimum atomic E-state index is -4.64. The van der Waals surface area contributed by atoms with Gasteiger partial charge in [-0.2, -0.15) is 13.2 Å². The molecule has 1 aliphatic rings. The fourth-order valence-corrected chi connectivity index (χ4v) is 2.48. The molecule has 1 amide bonds.